The molecule has 1 fully saturated rings. The Balaban J connectivity index is 1.99. The van der Waals surface area contributed by atoms with E-state index in [1.807, 2.05) is 0 Å². The summed E-state index contributed by atoms with van der Waals surface area (Å²) >= 11 is 0. The summed E-state index contributed by atoms with van der Waals surface area (Å²) in [5.41, 5.74) is -0.491. The highest BCUT2D eigenvalue weighted by Gasteiger charge is 2.44. The van der Waals surface area contributed by atoms with Crippen LogP contribution in [0, 0.1) is 5.41 Å². The lowest BCUT2D eigenvalue weighted by atomic mass is 9.73. The molecule has 0 unspecified atom stereocenters. The molecule has 0 atom stereocenters. The van der Waals surface area contributed by atoms with Crippen LogP contribution in [0.3, 0.4) is 0 Å². The summed E-state index contributed by atoms with van der Waals surface area (Å²) in [6.07, 6.45) is 6.61. The first-order chi connectivity index (χ1) is 9.55. The van der Waals surface area contributed by atoms with Gasteiger partial charge in [-0.05, 0) is 25.0 Å². The van der Waals surface area contributed by atoms with E-state index in [4.69, 9.17) is 0 Å². The molecule has 0 N–H and O–H groups in total. The molecular weight excluding hydrogens is 272 g/mol. The van der Waals surface area contributed by atoms with Crippen molar-refractivity contribution in [3.8, 4) is 0 Å². The number of hydrogen-bond acceptors (Lipinski definition) is 3. The van der Waals surface area contributed by atoms with Gasteiger partial charge in [0.25, 0.3) is 0 Å². The van der Waals surface area contributed by atoms with Crippen LogP contribution in [0.25, 0.3) is 0 Å². The molecular formula is C16H18O3S. The number of ketones is 1. The first kappa shape index (κ1) is 13.6. The molecule has 3 nitrogen and oxygen atoms in total. The molecule has 3 rings (SSSR count). The van der Waals surface area contributed by atoms with Crippen molar-refractivity contribution in [1.82, 2.24) is 0 Å². The Labute approximate surface area is 119 Å². The van der Waals surface area contributed by atoms with Crippen molar-refractivity contribution in [2.45, 2.75) is 43.4 Å². The fourth-order valence-electron chi connectivity index (χ4n) is 3.30. The minimum Gasteiger partial charge on any atom is -0.298 e. The van der Waals surface area contributed by atoms with E-state index in [9.17, 15) is 13.2 Å². The summed E-state index contributed by atoms with van der Waals surface area (Å²) in [6, 6.07) is 8.38. The van der Waals surface area contributed by atoms with Gasteiger partial charge >= 0.3 is 0 Å². The molecule has 0 aromatic heterocycles. The smallest absolute Gasteiger partial charge is 0.202 e. The number of rotatable bonds is 2. The number of benzene rings is 1. The molecule has 4 heteroatoms. The third-order valence-electron chi connectivity index (χ3n) is 4.47. The molecule has 0 heterocycles. The van der Waals surface area contributed by atoms with Crippen LogP contribution in [0.5, 0.6) is 0 Å². The van der Waals surface area contributed by atoms with Crippen molar-refractivity contribution >= 4 is 15.6 Å². The summed E-state index contributed by atoms with van der Waals surface area (Å²) in [5.74, 6) is 0.0895. The highest BCUT2D eigenvalue weighted by atomic mass is 32.2. The molecule has 106 valence electrons. The summed E-state index contributed by atoms with van der Waals surface area (Å²) in [7, 11) is -3.51. The lowest BCUT2D eigenvalue weighted by Gasteiger charge is -2.29. The maximum atomic E-state index is 12.6. The molecule has 20 heavy (non-hydrogen) atoms. The largest absolute Gasteiger partial charge is 0.298 e. The standard InChI is InChI=1S/C16H18O3S/c17-15-11-14(12-16(15)9-5-2-6-10-16)20(18,19)13-7-3-1-4-8-13/h1,3-4,7-8,12H,2,5-6,9-11H2. The summed E-state index contributed by atoms with van der Waals surface area (Å²) < 4.78 is 25.2. The molecule has 0 bridgehead atoms. The van der Waals surface area contributed by atoms with Gasteiger partial charge in [-0.25, -0.2) is 8.42 Å². The first-order valence-corrected chi connectivity index (χ1v) is 8.58. The Morgan fingerprint density at radius 2 is 1.60 bits per heavy atom. The average Bonchev–Trinajstić information content (AvgIpc) is 2.78. The predicted molar refractivity (Wildman–Crippen MR) is 76.9 cm³/mol. The van der Waals surface area contributed by atoms with Gasteiger partial charge in [0.05, 0.1) is 9.80 Å². The van der Waals surface area contributed by atoms with Crippen LogP contribution >= 0.6 is 0 Å². The topological polar surface area (TPSA) is 51.2 Å². The quantitative estimate of drug-likeness (QED) is 0.840. The van der Waals surface area contributed by atoms with Crippen LogP contribution in [0.1, 0.15) is 38.5 Å². The zero-order valence-electron chi connectivity index (χ0n) is 11.3. The van der Waals surface area contributed by atoms with E-state index in [2.05, 4.69) is 0 Å². The van der Waals surface area contributed by atoms with Crippen LogP contribution < -0.4 is 0 Å². The van der Waals surface area contributed by atoms with E-state index in [1.54, 1.807) is 36.4 Å². The van der Waals surface area contributed by atoms with Gasteiger partial charge in [0.1, 0.15) is 5.78 Å². The third kappa shape index (κ3) is 2.12. The third-order valence-corrected chi connectivity index (χ3v) is 6.32. The molecule has 1 saturated carbocycles. The Morgan fingerprint density at radius 3 is 2.25 bits per heavy atom. The maximum Gasteiger partial charge on any atom is 0.202 e. The molecule has 1 spiro atoms. The van der Waals surface area contributed by atoms with Gasteiger partial charge in [-0.15, -0.1) is 0 Å². The van der Waals surface area contributed by atoms with Gasteiger partial charge in [-0.1, -0.05) is 43.5 Å². The fraction of sp³-hybridized carbons (Fsp3) is 0.438. The van der Waals surface area contributed by atoms with Crippen molar-refractivity contribution < 1.29 is 13.2 Å². The second-order valence-corrected chi connectivity index (χ2v) is 7.75. The predicted octanol–water partition coefficient (Wildman–Crippen LogP) is 3.27. The zero-order chi connectivity index (χ0) is 14.2. The number of carbonyl (C=O) groups excluding carboxylic acids is 1. The van der Waals surface area contributed by atoms with Gasteiger partial charge in [-0.3, -0.25) is 4.79 Å². The second-order valence-electron chi connectivity index (χ2n) is 5.74. The SMILES string of the molecule is O=C1CC(S(=O)(=O)c2ccccc2)=CC12CCCCC2. The monoisotopic (exact) mass is 290 g/mol. The normalized spacial score (nSPS) is 22.0. The van der Waals surface area contributed by atoms with Gasteiger partial charge in [0.15, 0.2) is 0 Å². The number of hydrogen-bond donors (Lipinski definition) is 0. The molecule has 1 aromatic carbocycles. The van der Waals surface area contributed by atoms with Crippen molar-refractivity contribution in [2.24, 2.45) is 5.41 Å². The van der Waals surface area contributed by atoms with Crippen LogP contribution in [0.2, 0.25) is 0 Å². The molecule has 0 aliphatic heterocycles. The summed E-state index contributed by atoms with van der Waals surface area (Å²) in [4.78, 5) is 12.9. The number of Topliss-reactive ketones (excluding diaryl/α,β-unsaturated/α-hetero) is 1. The first-order valence-electron chi connectivity index (χ1n) is 7.10. The summed E-state index contributed by atoms with van der Waals surface area (Å²) in [6.45, 7) is 0. The van der Waals surface area contributed by atoms with Gasteiger partial charge in [0, 0.05) is 11.8 Å². The number of allylic oxidation sites excluding steroid dienone is 2. The lowest BCUT2D eigenvalue weighted by molar-refractivity contribution is -0.125. The van der Waals surface area contributed by atoms with Crippen LogP contribution in [0.15, 0.2) is 46.2 Å². The highest BCUT2D eigenvalue weighted by Crippen LogP contribution is 2.46. The van der Waals surface area contributed by atoms with Gasteiger partial charge < -0.3 is 0 Å². The Hall–Kier alpha value is -1.42. The summed E-state index contributed by atoms with van der Waals surface area (Å²) in [5, 5.41) is 0. The Bertz CT molecular complexity index is 650. The Kier molecular flexibility index (Phi) is 3.28. The van der Waals surface area contributed by atoms with Crippen LogP contribution in [0.4, 0.5) is 0 Å². The van der Waals surface area contributed by atoms with Gasteiger partial charge in [0.2, 0.25) is 9.84 Å². The molecule has 0 radical (unpaired) electrons. The van der Waals surface area contributed by atoms with E-state index in [-0.39, 0.29) is 17.1 Å². The minimum atomic E-state index is -3.51. The zero-order valence-corrected chi connectivity index (χ0v) is 12.2. The van der Waals surface area contributed by atoms with Crippen molar-refractivity contribution in [3.63, 3.8) is 0 Å². The fourth-order valence-corrected chi connectivity index (χ4v) is 4.82. The van der Waals surface area contributed by atoms with E-state index in [0.29, 0.717) is 4.91 Å². The lowest BCUT2D eigenvalue weighted by Crippen LogP contribution is -2.27. The van der Waals surface area contributed by atoms with E-state index >= 15 is 0 Å². The van der Waals surface area contributed by atoms with E-state index in [1.165, 1.54) is 0 Å². The highest BCUT2D eigenvalue weighted by molar-refractivity contribution is 7.95. The maximum absolute atomic E-state index is 12.6. The van der Waals surface area contributed by atoms with Crippen molar-refractivity contribution in [3.05, 3.63) is 41.3 Å². The van der Waals surface area contributed by atoms with Crippen LogP contribution in [-0.2, 0) is 14.6 Å². The molecule has 0 amide bonds. The molecule has 2 aliphatic rings. The van der Waals surface area contributed by atoms with Crippen LogP contribution in [-0.4, -0.2) is 14.2 Å². The minimum absolute atomic E-state index is 0.0667. The number of carbonyl (C=O) groups is 1. The Morgan fingerprint density at radius 1 is 0.950 bits per heavy atom. The second kappa shape index (κ2) is 4.85. The average molecular weight is 290 g/mol. The van der Waals surface area contributed by atoms with Crippen molar-refractivity contribution in [1.29, 1.82) is 0 Å². The molecule has 0 saturated heterocycles. The van der Waals surface area contributed by atoms with Crippen molar-refractivity contribution in [2.75, 3.05) is 0 Å². The number of sulfone groups is 1. The van der Waals surface area contributed by atoms with Gasteiger partial charge in [-0.2, -0.15) is 0 Å². The molecule has 1 aromatic rings. The molecule has 2 aliphatic carbocycles. The van der Waals surface area contributed by atoms with E-state index in [0.717, 1.165) is 32.1 Å². The van der Waals surface area contributed by atoms with E-state index < -0.39 is 15.3 Å².